The van der Waals surface area contributed by atoms with E-state index in [9.17, 15) is 4.79 Å². The number of rotatable bonds is 7. The lowest BCUT2D eigenvalue weighted by atomic mass is 9.86. The maximum Gasteiger partial charge on any atom is 0.223 e. The van der Waals surface area contributed by atoms with Crippen LogP contribution in [0.15, 0.2) is 0 Å². The minimum atomic E-state index is 0.214. The zero-order chi connectivity index (χ0) is 17.4. The average molecular weight is 358 g/mol. The summed E-state index contributed by atoms with van der Waals surface area (Å²) in [6.45, 7) is 12.3. The summed E-state index contributed by atoms with van der Waals surface area (Å²) < 4.78 is 9.17. The van der Waals surface area contributed by atoms with Crippen LogP contribution in [0.3, 0.4) is 0 Å². The second-order valence-electron chi connectivity index (χ2n) is 7.98. The molecule has 0 spiro atoms. The fourth-order valence-corrected chi connectivity index (χ4v) is 3.97. The molecule has 0 unspecified atom stereocenters. The molecule has 0 aromatic heterocycles. The second kappa shape index (κ2) is 10.00. The summed E-state index contributed by atoms with van der Waals surface area (Å²) in [6, 6.07) is 0.555. The van der Waals surface area contributed by atoms with Gasteiger partial charge in [0, 0.05) is 36.3 Å². The van der Waals surface area contributed by atoms with Crippen LogP contribution in [0.1, 0.15) is 52.9 Å². The van der Waals surface area contributed by atoms with Crippen molar-refractivity contribution in [2.24, 2.45) is 5.92 Å². The molecule has 0 radical (unpaired) electrons. The van der Waals surface area contributed by atoms with Crippen LogP contribution in [0.4, 0.5) is 0 Å². The van der Waals surface area contributed by atoms with E-state index >= 15 is 0 Å². The Morgan fingerprint density at radius 3 is 2.46 bits per heavy atom. The van der Waals surface area contributed by atoms with Gasteiger partial charge in [-0.25, -0.2) is 0 Å². The first kappa shape index (κ1) is 20.0. The van der Waals surface area contributed by atoms with Gasteiger partial charge >= 0.3 is 0 Å². The molecule has 1 amide bonds. The number of nitrogens with zero attached hydrogens (tertiary/aromatic N) is 1. The average Bonchev–Trinajstić information content (AvgIpc) is 2.57. The van der Waals surface area contributed by atoms with Gasteiger partial charge in [0.2, 0.25) is 5.91 Å². The SMILES string of the molecule is CC(C)(C)SNC1CCC(C(=O)NCCCN2CCOCC2)CC1. The molecule has 5 nitrogen and oxygen atoms in total. The summed E-state index contributed by atoms with van der Waals surface area (Å²) >= 11 is 1.82. The van der Waals surface area contributed by atoms with Crippen LogP contribution in [0.2, 0.25) is 0 Å². The van der Waals surface area contributed by atoms with Crippen molar-refractivity contribution in [3.8, 4) is 0 Å². The normalized spacial score (nSPS) is 26.3. The molecule has 1 heterocycles. The van der Waals surface area contributed by atoms with Gasteiger partial charge in [-0.15, -0.1) is 0 Å². The lowest BCUT2D eigenvalue weighted by molar-refractivity contribution is -0.126. The van der Waals surface area contributed by atoms with Crippen LogP contribution in [-0.2, 0) is 9.53 Å². The molecular formula is C18H35N3O2S. The first-order chi connectivity index (χ1) is 11.4. The number of ether oxygens (including phenoxy) is 1. The molecule has 24 heavy (non-hydrogen) atoms. The summed E-state index contributed by atoms with van der Waals surface area (Å²) in [5.41, 5.74) is 0. The van der Waals surface area contributed by atoms with Gasteiger partial charge in [-0.3, -0.25) is 14.4 Å². The molecule has 2 fully saturated rings. The topological polar surface area (TPSA) is 53.6 Å². The molecular weight excluding hydrogens is 322 g/mol. The van der Waals surface area contributed by atoms with E-state index in [2.05, 4.69) is 35.7 Å². The molecule has 2 aliphatic rings. The highest BCUT2D eigenvalue weighted by atomic mass is 32.2. The van der Waals surface area contributed by atoms with E-state index in [1.807, 2.05) is 11.9 Å². The monoisotopic (exact) mass is 357 g/mol. The van der Waals surface area contributed by atoms with E-state index in [-0.39, 0.29) is 16.6 Å². The Balaban J connectivity index is 1.54. The number of carbonyl (C=O) groups excluding carboxylic acids is 1. The highest BCUT2D eigenvalue weighted by Crippen LogP contribution is 2.28. The number of nitrogens with one attached hydrogen (secondary N) is 2. The van der Waals surface area contributed by atoms with Gasteiger partial charge in [0.1, 0.15) is 0 Å². The molecule has 1 saturated heterocycles. The quantitative estimate of drug-likeness (QED) is 0.541. The van der Waals surface area contributed by atoms with Crippen molar-refractivity contribution in [2.75, 3.05) is 39.4 Å². The smallest absolute Gasteiger partial charge is 0.223 e. The minimum absolute atomic E-state index is 0.214. The molecule has 1 aliphatic heterocycles. The molecule has 0 aromatic rings. The number of morpholine rings is 1. The summed E-state index contributed by atoms with van der Waals surface area (Å²) in [4.78, 5) is 14.7. The van der Waals surface area contributed by atoms with Crippen molar-refractivity contribution in [3.63, 3.8) is 0 Å². The number of carbonyl (C=O) groups is 1. The van der Waals surface area contributed by atoms with E-state index < -0.39 is 0 Å². The molecule has 1 aliphatic carbocycles. The molecule has 6 heteroatoms. The summed E-state index contributed by atoms with van der Waals surface area (Å²) in [7, 11) is 0. The molecule has 140 valence electrons. The van der Waals surface area contributed by atoms with Gasteiger partial charge in [0.15, 0.2) is 0 Å². The number of hydrogen-bond donors (Lipinski definition) is 2. The van der Waals surface area contributed by atoms with E-state index in [0.717, 1.165) is 71.5 Å². The maximum absolute atomic E-state index is 12.3. The van der Waals surface area contributed by atoms with Gasteiger partial charge in [-0.05, 0) is 59.4 Å². The Hall–Kier alpha value is -0.300. The lowest BCUT2D eigenvalue weighted by Gasteiger charge is -2.30. The molecule has 0 aromatic carbocycles. The van der Waals surface area contributed by atoms with Gasteiger partial charge in [0.05, 0.1) is 13.2 Å². The van der Waals surface area contributed by atoms with Gasteiger partial charge in [-0.1, -0.05) is 11.9 Å². The fraction of sp³-hybridized carbons (Fsp3) is 0.944. The van der Waals surface area contributed by atoms with Crippen molar-refractivity contribution in [2.45, 2.75) is 63.7 Å². The van der Waals surface area contributed by atoms with Gasteiger partial charge in [-0.2, -0.15) is 0 Å². The Kier molecular flexibility index (Phi) is 8.34. The molecule has 1 saturated carbocycles. The summed E-state index contributed by atoms with van der Waals surface area (Å²) in [6.07, 6.45) is 5.27. The number of hydrogen-bond acceptors (Lipinski definition) is 5. The van der Waals surface area contributed by atoms with E-state index in [1.165, 1.54) is 0 Å². The van der Waals surface area contributed by atoms with E-state index in [0.29, 0.717) is 6.04 Å². The third kappa shape index (κ3) is 7.72. The molecule has 2 rings (SSSR count). The Morgan fingerprint density at radius 2 is 1.83 bits per heavy atom. The van der Waals surface area contributed by atoms with Gasteiger partial charge < -0.3 is 10.1 Å². The summed E-state index contributed by atoms with van der Waals surface area (Å²) in [5, 5.41) is 3.14. The van der Waals surface area contributed by atoms with Crippen LogP contribution in [0, 0.1) is 5.92 Å². The molecule has 0 atom stereocenters. The van der Waals surface area contributed by atoms with E-state index in [1.54, 1.807) is 0 Å². The van der Waals surface area contributed by atoms with Crippen LogP contribution in [0.25, 0.3) is 0 Å². The maximum atomic E-state index is 12.3. The minimum Gasteiger partial charge on any atom is -0.379 e. The van der Waals surface area contributed by atoms with Crippen molar-refractivity contribution in [1.29, 1.82) is 0 Å². The van der Waals surface area contributed by atoms with Crippen LogP contribution < -0.4 is 10.0 Å². The second-order valence-corrected chi connectivity index (χ2v) is 9.64. The zero-order valence-corrected chi connectivity index (χ0v) is 16.4. The van der Waals surface area contributed by atoms with Crippen LogP contribution in [0.5, 0.6) is 0 Å². The molecule has 2 N–H and O–H groups in total. The summed E-state index contributed by atoms with van der Waals surface area (Å²) in [5.74, 6) is 0.477. The van der Waals surface area contributed by atoms with Crippen LogP contribution in [-0.4, -0.2) is 61.0 Å². The number of amides is 1. The van der Waals surface area contributed by atoms with Crippen LogP contribution >= 0.6 is 11.9 Å². The predicted octanol–water partition coefficient (Wildman–Crippen LogP) is 2.42. The Labute approximate surface area is 151 Å². The highest BCUT2D eigenvalue weighted by molar-refractivity contribution is 7.98. The third-order valence-corrected chi connectivity index (χ3v) is 5.75. The first-order valence-corrected chi connectivity index (χ1v) is 10.3. The van der Waals surface area contributed by atoms with Crippen molar-refractivity contribution >= 4 is 17.9 Å². The Bertz CT molecular complexity index is 373. The Morgan fingerprint density at radius 1 is 1.17 bits per heavy atom. The lowest BCUT2D eigenvalue weighted by Crippen LogP contribution is -2.40. The van der Waals surface area contributed by atoms with E-state index in [4.69, 9.17) is 4.74 Å². The van der Waals surface area contributed by atoms with Crippen molar-refractivity contribution in [1.82, 2.24) is 14.9 Å². The standard InChI is InChI=1S/C18H35N3O2S/c1-18(2,3)24-20-16-7-5-15(6-8-16)17(22)19-9-4-10-21-11-13-23-14-12-21/h15-16,20H,4-14H2,1-3H3,(H,19,22). The van der Waals surface area contributed by atoms with Crippen molar-refractivity contribution < 1.29 is 9.53 Å². The fourth-order valence-electron chi connectivity index (χ4n) is 3.22. The first-order valence-electron chi connectivity index (χ1n) is 9.45. The highest BCUT2D eigenvalue weighted by Gasteiger charge is 2.26. The zero-order valence-electron chi connectivity index (χ0n) is 15.6. The van der Waals surface area contributed by atoms with Crippen molar-refractivity contribution in [3.05, 3.63) is 0 Å². The third-order valence-electron chi connectivity index (χ3n) is 4.68. The van der Waals surface area contributed by atoms with Gasteiger partial charge in [0.25, 0.3) is 0 Å². The molecule has 0 bridgehead atoms. The predicted molar refractivity (Wildman–Crippen MR) is 101 cm³/mol. The largest absolute Gasteiger partial charge is 0.379 e.